The number of thioether (sulfide) groups is 1. The summed E-state index contributed by atoms with van der Waals surface area (Å²) in [7, 11) is 0. The molecule has 1 saturated heterocycles. The highest BCUT2D eigenvalue weighted by Gasteiger charge is 2.27. The second kappa shape index (κ2) is 4.56. The highest BCUT2D eigenvalue weighted by molar-refractivity contribution is 8.14. The van der Waals surface area contributed by atoms with Crippen LogP contribution >= 0.6 is 11.8 Å². The third-order valence-corrected chi connectivity index (χ3v) is 3.26. The van der Waals surface area contributed by atoms with Crippen LogP contribution in [0.5, 0.6) is 0 Å². The molecule has 0 bridgehead atoms. The van der Waals surface area contributed by atoms with Crippen molar-refractivity contribution in [2.24, 2.45) is 0 Å². The SMILES string of the molecule is Cc1[nH]ncc1CNC(=O)C1CSC(=O)N1. The molecule has 0 saturated carbocycles. The van der Waals surface area contributed by atoms with E-state index in [1.165, 1.54) is 0 Å². The summed E-state index contributed by atoms with van der Waals surface area (Å²) in [6.07, 6.45) is 1.68. The lowest BCUT2D eigenvalue weighted by Crippen LogP contribution is -2.42. The fourth-order valence-corrected chi connectivity index (χ4v) is 2.16. The Hall–Kier alpha value is -1.50. The van der Waals surface area contributed by atoms with E-state index in [0.29, 0.717) is 12.3 Å². The lowest BCUT2D eigenvalue weighted by Gasteiger charge is -2.09. The monoisotopic (exact) mass is 240 g/mol. The van der Waals surface area contributed by atoms with Gasteiger partial charge in [-0.05, 0) is 6.92 Å². The van der Waals surface area contributed by atoms with Gasteiger partial charge in [-0.1, -0.05) is 11.8 Å². The van der Waals surface area contributed by atoms with E-state index < -0.39 is 6.04 Å². The number of carbonyl (C=O) groups excluding carboxylic acids is 2. The minimum atomic E-state index is -0.412. The van der Waals surface area contributed by atoms with Gasteiger partial charge in [-0.15, -0.1) is 0 Å². The molecular weight excluding hydrogens is 228 g/mol. The Labute approximate surface area is 96.6 Å². The van der Waals surface area contributed by atoms with Gasteiger partial charge in [-0.25, -0.2) is 0 Å². The topological polar surface area (TPSA) is 86.9 Å². The van der Waals surface area contributed by atoms with Gasteiger partial charge in [-0.2, -0.15) is 5.10 Å². The van der Waals surface area contributed by atoms with Crippen LogP contribution in [0.15, 0.2) is 6.20 Å². The highest BCUT2D eigenvalue weighted by atomic mass is 32.2. The van der Waals surface area contributed by atoms with Crippen molar-refractivity contribution in [2.45, 2.75) is 19.5 Å². The van der Waals surface area contributed by atoms with Crippen molar-refractivity contribution in [1.29, 1.82) is 0 Å². The van der Waals surface area contributed by atoms with E-state index in [0.717, 1.165) is 23.0 Å². The molecule has 1 aromatic heterocycles. The molecule has 0 aromatic carbocycles. The number of aromatic nitrogens is 2. The number of hydrogen-bond acceptors (Lipinski definition) is 4. The first-order valence-electron chi connectivity index (χ1n) is 4.86. The fraction of sp³-hybridized carbons (Fsp3) is 0.444. The van der Waals surface area contributed by atoms with Gasteiger partial charge in [0.2, 0.25) is 5.91 Å². The Morgan fingerprint density at radius 2 is 2.56 bits per heavy atom. The van der Waals surface area contributed by atoms with Crippen LogP contribution < -0.4 is 10.6 Å². The molecule has 2 amide bonds. The standard InChI is InChI=1S/C9H12N4O2S/c1-5-6(3-11-13-5)2-10-8(14)7-4-16-9(15)12-7/h3,7H,2,4H2,1H3,(H,10,14)(H,11,13)(H,12,15). The van der Waals surface area contributed by atoms with Gasteiger partial charge in [0.25, 0.3) is 5.24 Å². The molecule has 3 N–H and O–H groups in total. The summed E-state index contributed by atoms with van der Waals surface area (Å²) in [4.78, 5) is 22.5. The number of aromatic amines is 1. The van der Waals surface area contributed by atoms with E-state index in [4.69, 9.17) is 0 Å². The summed E-state index contributed by atoms with van der Waals surface area (Å²) in [6, 6.07) is -0.412. The van der Waals surface area contributed by atoms with Crippen molar-refractivity contribution in [3.05, 3.63) is 17.5 Å². The minimum absolute atomic E-state index is 0.139. The molecule has 6 nitrogen and oxygen atoms in total. The van der Waals surface area contributed by atoms with Crippen LogP contribution in [0.2, 0.25) is 0 Å². The quantitative estimate of drug-likeness (QED) is 0.702. The summed E-state index contributed by atoms with van der Waals surface area (Å²) in [6.45, 7) is 2.32. The van der Waals surface area contributed by atoms with E-state index in [9.17, 15) is 9.59 Å². The Balaban J connectivity index is 1.84. The predicted molar refractivity (Wildman–Crippen MR) is 59.9 cm³/mol. The van der Waals surface area contributed by atoms with Crippen LogP contribution in [0.25, 0.3) is 0 Å². The van der Waals surface area contributed by atoms with Crippen molar-refractivity contribution in [3.8, 4) is 0 Å². The van der Waals surface area contributed by atoms with Crippen LogP contribution in [-0.2, 0) is 11.3 Å². The van der Waals surface area contributed by atoms with Crippen molar-refractivity contribution in [2.75, 3.05) is 5.75 Å². The van der Waals surface area contributed by atoms with Gasteiger partial charge in [0.1, 0.15) is 6.04 Å². The van der Waals surface area contributed by atoms with Crippen molar-refractivity contribution in [1.82, 2.24) is 20.8 Å². The van der Waals surface area contributed by atoms with Gasteiger partial charge in [0, 0.05) is 23.6 Å². The molecule has 2 heterocycles. The number of hydrogen-bond donors (Lipinski definition) is 3. The predicted octanol–water partition coefficient (Wildman–Crippen LogP) is 0.159. The molecule has 1 fully saturated rings. The number of nitrogens with zero attached hydrogens (tertiary/aromatic N) is 1. The van der Waals surface area contributed by atoms with Crippen LogP contribution in [0.3, 0.4) is 0 Å². The summed E-state index contributed by atoms with van der Waals surface area (Å²) in [5.74, 6) is 0.341. The van der Waals surface area contributed by atoms with Crippen LogP contribution in [0, 0.1) is 6.92 Å². The zero-order valence-electron chi connectivity index (χ0n) is 8.74. The van der Waals surface area contributed by atoms with Gasteiger partial charge in [0.15, 0.2) is 0 Å². The molecular formula is C9H12N4O2S. The molecule has 86 valence electrons. The van der Waals surface area contributed by atoms with E-state index in [1.54, 1.807) is 6.20 Å². The normalized spacial score (nSPS) is 19.6. The van der Waals surface area contributed by atoms with Crippen molar-refractivity contribution >= 4 is 22.9 Å². The molecule has 0 spiro atoms. The largest absolute Gasteiger partial charge is 0.350 e. The Morgan fingerprint density at radius 3 is 3.12 bits per heavy atom. The first kappa shape index (κ1) is 11.0. The molecule has 0 aliphatic carbocycles. The maximum absolute atomic E-state index is 11.6. The lowest BCUT2D eigenvalue weighted by molar-refractivity contribution is -0.122. The smallest absolute Gasteiger partial charge is 0.279 e. The van der Waals surface area contributed by atoms with Crippen LogP contribution in [0.4, 0.5) is 4.79 Å². The third-order valence-electron chi connectivity index (χ3n) is 2.38. The molecule has 0 radical (unpaired) electrons. The number of H-pyrrole nitrogens is 1. The van der Waals surface area contributed by atoms with E-state index in [-0.39, 0.29) is 11.1 Å². The zero-order valence-corrected chi connectivity index (χ0v) is 9.56. The molecule has 1 atom stereocenters. The number of carbonyl (C=O) groups is 2. The molecule has 1 unspecified atom stereocenters. The summed E-state index contributed by atoms with van der Waals surface area (Å²) in [5, 5.41) is 11.9. The third kappa shape index (κ3) is 2.35. The van der Waals surface area contributed by atoms with Gasteiger partial charge in [0.05, 0.1) is 6.20 Å². The molecule has 2 rings (SSSR count). The Kier molecular flexibility index (Phi) is 3.14. The van der Waals surface area contributed by atoms with E-state index >= 15 is 0 Å². The van der Waals surface area contributed by atoms with Gasteiger partial charge >= 0.3 is 0 Å². The second-order valence-corrected chi connectivity index (χ2v) is 4.53. The highest BCUT2D eigenvalue weighted by Crippen LogP contribution is 2.13. The second-order valence-electron chi connectivity index (χ2n) is 3.53. The number of nitrogens with one attached hydrogen (secondary N) is 3. The van der Waals surface area contributed by atoms with E-state index in [2.05, 4.69) is 20.8 Å². The van der Waals surface area contributed by atoms with Gasteiger partial charge < -0.3 is 10.6 Å². The fourth-order valence-electron chi connectivity index (χ4n) is 1.39. The maximum Gasteiger partial charge on any atom is 0.279 e. The molecule has 1 aliphatic rings. The van der Waals surface area contributed by atoms with Crippen LogP contribution in [-0.4, -0.2) is 33.1 Å². The van der Waals surface area contributed by atoms with E-state index in [1.807, 2.05) is 6.92 Å². The Bertz CT molecular complexity index is 417. The molecule has 1 aromatic rings. The van der Waals surface area contributed by atoms with Crippen molar-refractivity contribution < 1.29 is 9.59 Å². The number of aryl methyl sites for hydroxylation is 1. The molecule has 1 aliphatic heterocycles. The Morgan fingerprint density at radius 1 is 1.75 bits per heavy atom. The summed E-state index contributed by atoms with van der Waals surface area (Å²) >= 11 is 1.13. The molecule has 16 heavy (non-hydrogen) atoms. The average Bonchev–Trinajstić information content (AvgIpc) is 2.84. The summed E-state index contributed by atoms with van der Waals surface area (Å²) < 4.78 is 0. The minimum Gasteiger partial charge on any atom is -0.350 e. The first-order chi connectivity index (χ1) is 7.66. The summed E-state index contributed by atoms with van der Waals surface area (Å²) in [5.41, 5.74) is 1.88. The zero-order chi connectivity index (χ0) is 11.5. The lowest BCUT2D eigenvalue weighted by atomic mass is 10.2. The van der Waals surface area contributed by atoms with Gasteiger partial charge in [-0.3, -0.25) is 14.7 Å². The average molecular weight is 240 g/mol. The molecule has 7 heteroatoms. The first-order valence-corrected chi connectivity index (χ1v) is 5.85. The van der Waals surface area contributed by atoms with Crippen molar-refractivity contribution in [3.63, 3.8) is 0 Å². The maximum atomic E-state index is 11.6. The number of rotatable bonds is 3. The number of amides is 2. The van der Waals surface area contributed by atoms with Crippen LogP contribution in [0.1, 0.15) is 11.3 Å².